The van der Waals surface area contributed by atoms with Gasteiger partial charge in [-0.25, -0.2) is 23.3 Å². The van der Waals surface area contributed by atoms with Crippen LogP contribution in [0, 0.1) is 13.8 Å². The van der Waals surface area contributed by atoms with Crippen molar-refractivity contribution in [2.75, 3.05) is 0 Å². The zero-order valence-electron chi connectivity index (χ0n) is 15.1. The van der Waals surface area contributed by atoms with Crippen LogP contribution in [-0.2, 0) is 7.05 Å². The molecule has 3 aromatic heterocycles. The summed E-state index contributed by atoms with van der Waals surface area (Å²) in [5.74, 6) is -0.224. The van der Waals surface area contributed by atoms with Crippen molar-refractivity contribution in [3.8, 4) is 11.3 Å². The van der Waals surface area contributed by atoms with Crippen LogP contribution >= 0.6 is 0 Å². The molecule has 0 bridgehead atoms. The Morgan fingerprint density at radius 3 is 2.44 bits per heavy atom. The number of nitrogens with zero attached hydrogens (tertiary/aromatic N) is 6. The van der Waals surface area contributed by atoms with Crippen molar-refractivity contribution in [3.05, 3.63) is 65.8 Å². The largest absolute Gasteiger partial charge is 0.335 e. The van der Waals surface area contributed by atoms with Crippen molar-refractivity contribution in [3.63, 3.8) is 0 Å². The third-order valence-electron chi connectivity index (χ3n) is 4.46. The molecule has 0 amide bonds. The van der Waals surface area contributed by atoms with E-state index in [-0.39, 0.29) is 11.6 Å². The van der Waals surface area contributed by atoms with Gasteiger partial charge in [0.25, 0.3) is 0 Å². The van der Waals surface area contributed by atoms with Gasteiger partial charge in [-0.3, -0.25) is 4.98 Å². The van der Waals surface area contributed by atoms with Gasteiger partial charge in [0.05, 0.1) is 17.1 Å². The normalized spacial score (nSPS) is 13.8. The van der Waals surface area contributed by atoms with Gasteiger partial charge in [-0.05, 0) is 13.8 Å². The molecule has 0 aliphatic carbocycles. The molecular weight excluding hydrogens is 350 g/mol. The summed E-state index contributed by atoms with van der Waals surface area (Å²) in [5, 5.41) is 4.13. The molecule has 0 aliphatic rings. The van der Waals surface area contributed by atoms with Gasteiger partial charge in [-0.1, -0.05) is 30.3 Å². The summed E-state index contributed by atoms with van der Waals surface area (Å²) in [6.07, 6.45) is -0.725. The second-order valence-corrected chi connectivity index (χ2v) is 6.46. The van der Waals surface area contributed by atoms with E-state index in [4.69, 9.17) is 0 Å². The summed E-state index contributed by atoms with van der Waals surface area (Å²) in [6, 6.07) is 9.36. The maximum atomic E-state index is 15.0. The number of benzene rings is 1. The zero-order valence-corrected chi connectivity index (χ0v) is 15.1. The molecule has 2 atom stereocenters. The second kappa shape index (κ2) is 6.53. The van der Waals surface area contributed by atoms with E-state index in [2.05, 4.69) is 20.1 Å². The van der Waals surface area contributed by atoms with Gasteiger partial charge in [0.15, 0.2) is 23.8 Å². The molecule has 0 aliphatic heterocycles. The highest BCUT2D eigenvalue weighted by atomic mass is 19.2. The van der Waals surface area contributed by atoms with E-state index >= 15 is 0 Å². The molecule has 8 heteroatoms. The number of hydrogen-bond donors (Lipinski definition) is 0. The summed E-state index contributed by atoms with van der Waals surface area (Å²) in [4.78, 5) is 12.6. The molecule has 0 N–H and O–H groups in total. The molecule has 0 fully saturated rings. The first-order valence-electron chi connectivity index (χ1n) is 8.51. The molecule has 3 heterocycles. The van der Waals surface area contributed by atoms with Crippen LogP contribution in [0.1, 0.15) is 35.4 Å². The van der Waals surface area contributed by atoms with Crippen LogP contribution in [0.4, 0.5) is 8.78 Å². The van der Waals surface area contributed by atoms with Gasteiger partial charge in [0.1, 0.15) is 5.82 Å². The highest BCUT2D eigenvalue weighted by Crippen LogP contribution is 2.34. The molecule has 4 aromatic rings. The van der Waals surface area contributed by atoms with Crippen molar-refractivity contribution in [2.45, 2.75) is 26.2 Å². The Morgan fingerprint density at radius 2 is 1.74 bits per heavy atom. The average Bonchev–Trinajstić information content (AvgIpc) is 3.29. The smallest absolute Gasteiger partial charge is 0.199 e. The van der Waals surface area contributed by atoms with Crippen molar-refractivity contribution < 1.29 is 8.78 Å². The minimum atomic E-state index is -2.03. The van der Waals surface area contributed by atoms with Crippen LogP contribution in [-0.4, -0.2) is 29.1 Å². The molecule has 0 saturated heterocycles. The second-order valence-electron chi connectivity index (χ2n) is 6.46. The Hall–Kier alpha value is -3.16. The molecule has 138 valence electrons. The number of aromatic nitrogens is 6. The molecule has 6 nitrogen and oxygen atoms in total. The van der Waals surface area contributed by atoms with Crippen molar-refractivity contribution in [2.24, 2.45) is 7.05 Å². The minimum Gasteiger partial charge on any atom is -0.335 e. The van der Waals surface area contributed by atoms with Crippen LogP contribution in [0.25, 0.3) is 16.9 Å². The number of imidazole rings is 1. The van der Waals surface area contributed by atoms with Crippen LogP contribution in [0.5, 0.6) is 0 Å². The van der Waals surface area contributed by atoms with E-state index in [1.807, 2.05) is 30.3 Å². The fraction of sp³-hybridized carbons (Fsp3) is 0.263. The summed E-state index contributed by atoms with van der Waals surface area (Å²) in [5.41, 5.74) is 3.14. The lowest BCUT2D eigenvalue weighted by Gasteiger charge is -2.10. The van der Waals surface area contributed by atoms with Gasteiger partial charge < -0.3 is 4.57 Å². The monoisotopic (exact) mass is 368 g/mol. The Labute approximate surface area is 154 Å². The number of fused-ring (bicyclic) bond motifs is 1. The van der Waals surface area contributed by atoms with Crippen molar-refractivity contribution >= 4 is 5.65 Å². The lowest BCUT2D eigenvalue weighted by Crippen LogP contribution is -2.09. The van der Waals surface area contributed by atoms with Gasteiger partial charge in [-0.15, -0.1) is 5.10 Å². The molecule has 1 unspecified atom stereocenters. The fourth-order valence-electron chi connectivity index (χ4n) is 2.97. The predicted octanol–water partition coefficient (Wildman–Crippen LogP) is 3.86. The van der Waals surface area contributed by atoms with Crippen LogP contribution in [0.15, 0.2) is 42.7 Å². The van der Waals surface area contributed by atoms with Gasteiger partial charge >= 0.3 is 0 Å². The molecule has 1 aromatic carbocycles. The van der Waals surface area contributed by atoms with Crippen molar-refractivity contribution in [1.29, 1.82) is 0 Å². The first-order valence-corrected chi connectivity index (χ1v) is 8.51. The molecule has 0 radical (unpaired) electrons. The Bertz CT molecular complexity index is 1060. The number of halogens is 2. The third kappa shape index (κ3) is 2.97. The number of aryl methyl sites for hydroxylation is 3. The minimum absolute atomic E-state index is 0.00761. The van der Waals surface area contributed by atoms with E-state index in [9.17, 15) is 8.78 Å². The van der Waals surface area contributed by atoms with E-state index in [0.29, 0.717) is 22.7 Å². The van der Waals surface area contributed by atoms with E-state index < -0.39 is 12.3 Å². The lowest BCUT2D eigenvalue weighted by atomic mass is 10.2. The Morgan fingerprint density at radius 1 is 1.00 bits per heavy atom. The third-order valence-corrected chi connectivity index (χ3v) is 4.46. The average molecular weight is 368 g/mol. The highest BCUT2D eigenvalue weighted by molar-refractivity contribution is 5.58. The first kappa shape index (κ1) is 17.3. The van der Waals surface area contributed by atoms with Gasteiger partial charge in [-0.2, -0.15) is 0 Å². The number of hydrogen-bond acceptors (Lipinski definition) is 4. The quantitative estimate of drug-likeness (QED) is 0.549. The maximum Gasteiger partial charge on any atom is 0.199 e. The Balaban J connectivity index is 1.69. The maximum absolute atomic E-state index is 15.0. The fourth-order valence-corrected chi connectivity index (χ4v) is 2.97. The van der Waals surface area contributed by atoms with Gasteiger partial charge in [0, 0.05) is 25.0 Å². The van der Waals surface area contributed by atoms with Crippen LogP contribution < -0.4 is 0 Å². The molecule has 0 saturated carbocycles. The van der Waals surface area contributed by atoms with E-state index in [0.717, 1.165) is 5.56 Å². The lowest BCUT2D eigenvalue weighted by molar-refractivity contribution is 0.151. The standard InChI is InChI=1S/C19H18F2N6/c1-11-9-22-12(2)18-24-17(25-27(11)18)15(20)16(21)19-23-14(10-26(19)3)13-7-5-4-6-8-13/h4-10,15-16H,1-3H3/t15-,16?/m0/s1. The number of alkyl halides is 2. The molecular formula is C19H18F2N6. The summed E-state index contributed by atoms with van der Waals surface area (Å²) in [6.45, 7) is 3.53. The predicted molar refractivity (Wildman–Crippen MR) is 96.6 cm³/mol. The van der Waals surface area contributed by atoms with Crippen LogP contribution in [0.2, 0.25) is 0 Å². The number of rotatable bonds is 4. The van der Waals surface area contributed by atoms with E-state index in [1.165, 1.54) is 9.08 Å². The zero-order chi connectivity index (χ0) is 19.1. The molecule has 4 rings (SSSR count). The van der Waals surface area contributed by atoms with Crippen LogP contribution in [0.3, 0.4) is 0 Å². The molecule has 27 heavy (non-hydrogen) atoms. The highest BCUT2D eigenvalue weighted by Gasteiger charge is 2.32. The summed E-state index contributed by atoms with van der Waals surface area (Å²) in [7, 11) is 1.64. The first-order chi connectivity index (χ1) is 13.0. The van der Waals surface area contributed by atoms with Crippen molar-refractivity contribution in [1.82, 2.24) is 29.1 Å². The van der Waals surface area contributed by atoms with E-state index in [1.54, 1.807) is 33.3 Å². The SMILES string of the molecule is Cc1ncc(C)n2nc([C@@H](F)C(F)c3nc(-c4ccccc4)cn3C)nc12. The summed E-state index contributed by atoms with van der Waals surface area (Å²) >= 11 is 0. The topological polar surface area (TPSA) is 60.9 Å². The Kier molecular flexibility index (Phi) is 4.18. The summed E-state index contributed by atoms with van der Waals surface area (Å²) < 4.78 is 32.9. The van der Waals surface area contributed by atoms with Gasteiger partial charge in [0.2, 0.25) is 0 Å². The molecule has 0 spiro atoms.